The third-order valence-corrected chi connectivity index (χ3v) is 2.21. The van der Waals surface area contributed by atoms with Crippen LogP contribution in [-0.2, 0) is 6.42 Å². The van der Waals surface area contributed by atoms with Crippen molar-refractivity contribution in [2.75, 3.05) is 11.9 Å². The van der Waals surface area contributed by atoms with Gasteiger partial charge in [0.15, 0.2) is 11.6 Å². The first-order valence-corrected chi connectivity index (χ1v) is 5.20. The Hall–Kier alpha value is -2.04. The molecule has 2 aromatic rings. The van der Waals surface area contributed by atoms with Crippen LogP contribution in [0.5, 0.6) is 0 Å². The highest BCUT2D eigenvalue weighted by atomic mass is 19.1. The molecule has 0 aromatic carbocycles. The average Bonchev–Trinajstić information content (AvgIpc) is 2.33. The van der Waals surface area contributed by atoms with E-state index in [9.17, 15) is 8.78 Å². The van der Waals surface area contributed by atoms with Gasteiger partial charge in [0.2, 0.25) is 0 Å². The number of anilines is 1. The zero-order valence-electron chi connectivity index (χ0n) is 9.03. The van der Waals surface area contributed by atoms with Gasteiger partial charge in [0, 0.05) is 30.9 Å². The smallest absolute Gasteiger partial charge is 0.168 e. The van der Waals surface area contributed by atoms with Crippen LogP contribution < -0.4 is 5.32 Å². The molecule has 0 saturated carbocycles. The van der Waals surface area contributed by atoms with Crippen LogP contribution in [0.4, 0.5) is 14.6 Å². The highest BCUT2D eigenvalue weighted by molar-refractivity contribution is 5.35. The van der Waals surface area contributed by atoms with Crippen molar-refractivity contribution in [1.29, 1.82) is 0 Å². The average molecular weight is 235 g/mol. The minimum absolute atomic E-state index is 0.0577. The van der Waals surface area contributed by atoms with E-state index in [0.29, 0.717) is 13.0 Å². The molecule has 0 aliphatic heterocycles. The molecule has 2 heterocycles. The van der Waals surface area contributed by atoms with E-state index in [1.165, 1.54) is 0 Å². The van der Waals surface area contributed by atoms with Gasteiger partial charge in [-0.3, -0.25) is 4.98 Å². The summed E-state index contributed by atoms with van der Waals surface area (Å²) in [5, 5.41) is 2.80. The lowest BCUT2D eigenvalue weighted by atomic mass is 10.3. The van der Waals surface area contributed by atoms with Crippen molar-refractivity contribution in [2.45, 2.75) is 6.42 Å². The Labute approximate surface area is 97.5 Å². The van der Waals surface area contributed by atoms with Gasteiger partial charge in [-0.05, 0) is 12.1 Å². The highest BCUT2D eigenvalue weighted by Gasteiger charge is 2.04. The van der Waals surface area contributed by atoms with Gasteiger partial charge in [0.05, 0.1) is 6.20 Å². The summed E-state index contributed by atoms with van der Waals surface area (Å²) < 4.78 is 25.8. The van der Waals surface area contributed by atoms with Crippen LogP contribution in [0.3, 0.4) is 0 Å². The van der Waals surface area contributed by atoms with Gasteiger partial charge in [-0.1, -0.05) is 6.07 Å². The van der Waals surface area contributed by atoms with Crippen molar-refractivity contribution in [2.24, 2.45) is 0 Å². The van der Waals surface area contributed by atoms with E-state index in [-0.39, 0.29) is 5.82 Å². The molecule has 0 unspecified atom stereocenters. The Balaban J connectivity index is 1.90. The Bertz CT molecular complexity index is 488. The molecular formula is C12H11F2N3. The molecule has 2 aromatic heterocycles. The van der Waals surface area contributed by atoms with Gasteiger partial charge in [-0.25, -0.2) is 13.8 Å². The second-order valence-electron chi connectivity index (χ2n) is 3.48. The molecule has 0 aliphatic rings. The zero-order valence-corrected chi connectivity index (χ0v) is 9.03. The fraction of sp³-hybridized carbons (Fsp3) is 0.167. The molecule has 0 atom stereocenters. The summed E-state index contributed by atoms with van der Waals surface area (Å²) in [6, 6.07) is 6.41. The fourth-order valence-corrected chi connectivity index (χ4v) is 1.40. The van der Waals surface area contributed by atoms with Gasteiger partial charge >= 0.3 is 0 Å². The van der Waals surface area contributed by atoms with Crippen LogP contribution in [0.2, 0.25) is 0 Å². The lowest BCUT2D eigenvalue weighted by Crippen LogP contribution is -2.08. The number of aromatic nitrogens is 2. The summed E-state index contributed by atoms with van der Waals surface area (Å²) in [5.74, 6) is -1.31. The van der Waals surface area contributed by atoms with Crippen LogP contribution in [-0.4, -0.2) is 16.5 Å². The Morgan fingerprint density at radius 1 is 1.18 bits per heavy atom. The molecule has 0 spiro atoms. The summed E-state index contributed by atoms with van der Waals surface area (Å²) in [5.41, 5.74) is 0.905. The van der Waals surface area contributed by atoms with Crippen LogP contribution >= 0.6 is 0 Å². The van der Waals surface area contributed by atoms with Gasteiger partial charge < -0.3 is 5.32 Å². The molecule has 17 heavy (non-hydrogen) atoms. The van der Waals surface area contributed by atoms with Crippen LogP contribution in [0, 0.1) is 11.6 Å². The van der Waals surface area contributed by atoms with E-state index >= 15 is 0 Å². The molecule has 0 fully saturated rings. The first-order chi connectivity index (χ1) is 8.25. The van der Waals surface area contributed by atoms with Crippen molar-refractivity contribution in [3.63, 3.8) is 0 Å². The molecule has 1 N–H and O–H groups in total. The van der Waals surface area contributed by atoms with E-state index in [2.05, 4.69) is 15.3 Å². The molecule has 0 bridgehead atoms. The van der Waals surface area contributed by atoms with E-state index in [1.54, 1.807) is 6.20 Å². The predicted molar refractivity (Wildman–Crippen MR) is 60.6 cm³/mol. The SMILES string of the molecule is Fc1cnc(NCCc2ccccn2)c(F)c1. The molecule has 0 radical (unpaired) electrons. The Morgan fingerprint density at radius 2 is 2.06 bits per heavy atom. The topological polar surface area (TPSA) is 37.8 Å². The van der Waals surface area contributed by atoms with Gasteiger partial charge in [0.25, 0.3) is 0 Å². The Kier molecular flexibility index (Phi) is 3.59. The van der Waals surface area contributed by atoms with Crippen LogP contribution in [0.25, 0.3) is 0 Å². The van der Waals surface area contributed by atoms with Crippen molar-refractivity contribution in [1.82, 2.24) is 9.97 Å². The second-order valence-corrected chi connectivity index (χ2v) is 3.48. The summed E-state index contributed by atoms with van der Waals surface area (Å²) in [4.78, 5) is 7.76. The first kappa shape index (κ1) is 11.4. The maximum Gasteiger partial charge on any atom is 0.168 e. The fourth-order valence-electron chi connectivity index (χ4n) is 1.40. The predicted octanol–water partition coefficient (Wildman–Crippen LogP) is 2.41. The lowest BCUT2D eigenvalue weighted by molar-refractivity contribution is 0.575. The molecule has 0 aliphatic carbocycles. The molecule has 5 heteroatoms. The largest absolute Gasteiger partial charge is 0.367 e. The summed E-state index contributed by atoms with van der Waals surface area (Å²) >= 11 is 0. The maximum absolute atomic E-state index is 13.2. The maximum atomic E-state index is 13.2. The van der Waals surface area contributed by atoms with Crippen molar-refractivity contribution in [3.05, 3.63) is 54.0 Å². The molecule has 2 rings (SSSR count). The second kappa shape index (κ2) is 5.34. The summed E-state index contributed by atoms with van der Waals surface area (Å²) in [7, 11) is 0. The van der Waals surface area contributed by atoms with Crippen molar-refractivity contribution < 1.29 is 8.78 Å². The number of pyridine rings is 2. The van der Waals surface area contributed by atoms with Crippen LogP contribution in [0.15, 0.2) is 36.7 Å². The normalized spacial score (nSPS) is 10.2. The van der Waals surface area contributed by atoms with E-state index in [1.807, 2.05) is 18.2 Å². The minimum atomic E-state index is -0.689. The van der Waals surface area contributed by atoms with E-state index < -0.39 is 11.6 Å². The Morgan fingerprint density at radius 3 is 2.76 bits per heavy atom. The number of hydrogen-bond acceptors (Lipinski definition) is 3. The molecule has 3 nitrogen and oxygen atoms in total. The zero-order chi connectivity index (χ0) is 12.1. The quantitative estimate of drug-likeness (QED) is 0.884. The highest BCUT2D eigenvalue weighted by Crippen LogP contribution is 2.10. The third kappa shape index (κ3) is 3.21. The van der Waals surface area contributed by atoms with E-state index in [0.717, 1.165) is 18.0 Å². The van der Waals surface area contributed by atoms with Gasteiger partial charge in [-0.15, -0.1) is 0 Å². The molecule has 0 amide bonds. The van der Waals surface area contributed by atoms with Crippen molar-refractivity contribution in [3.8, 4) is 0 Å². The van der Waals surface area contributed by atoms with E-state index in [4.69, 9.17) is 0 Å². The number of nitrogens with zero attached hydrogens (tertiary/aromatic N) is 2. The molecule has 0 saturated heterocycles. The monoisotopic (exact) mass is 235 g/mol. The standard InChI is InChI=1S/C12H11F2N3/c13-9-7-11(14)12(17-8-9)16-6-4-10-3-1-2-5-15-10/h1-3,5,7-8H,4,6H2,(H,16,17). The summed E-state index contributed by atoms with van der Waals surface area (Å²) in [6.45, 7) is 0.493. The first-order valence-electron chi connectivity index (χ1n) is 5.20. The van der Waals surface area contributed by atoms with Gasteiger partial charge in [0.1, 0.15) is 5.82 Å². The number of hydrogen-bond donors (Lipinski definition) is 1. The minimum Gasteiger partial charge on any atom is -0.367 e. The number of rotatable bonds is 4. The summed E-state index contributed by atoms with van der Waals surface area (Å²) in [6.07, 6.45) is 3.33. The molecule has 88 valence electrons. The van der Waals surface area contributed by atoms with Crippen LogP contribution in [0.1, 0.15) is 5.69 Å². The number of halogens is 2. The van der Waals surface area contributed by atoms with Gasteiger partial charge in [-0.2, -0.15) is 0 Å². The molecular weight excluding hydrogens is 224 g/mol. The van der Waals surface area contributed by atoms with Crippen molar-refractivity contribution >= 4 is 5.82 Å². The lowest BCUT2D eigenvalue weighted by Gasteiger charge is -2.05. The third-order valence-electron chi connectivity index (χ3n) is 2.21. The number of nitrogens with one attached hydrogen (secondary N) is 1.